The summed E-state index contributed by atoms with van der Waals surface area (Å²) < 4.78 is 85.9. The molecule has 4 heterocycles. The van der Waals surface area contributed by atoms with Gasteiger partial charge in [0.05, 0.1) is 29.8 Å². The molecule has 6 nitrogen and oxygen atoms in total. The number of pyridine rings is 1. The van der Waals surface area contributed by atoms with Crippen molar-refractivity contribution in [3.63, 3.8) is 0 Å². The Hall–Kier alpha value is -3.80. The Morgan fingerprint density at radius 3 is 2.41 bits per heavy atom. The van der Waals surface area contributed by atoms with Crippen LogP contribution in [0.5, 0.6) is 5.75 Å². The first-order valence-electron chi connectivity index (χ1n) is 13.1. The highest BCUT2D eigenvalue weighted by atomic mass is 19.4. The average Bonchev–Trinajstić information content (AvgIpc) is 2.94. The Balaban J connectivity index is 1.58. The molecule has 0 spiro atoms. The van der Waals surface area contributed by atoms with Crippen LogP contribution in [0.15, 0.2) is 66.3 Å². The van der Waals surface area contributed by atoms with Crippen LogP contribution >= 0.6 is 0 Å². The van der Waals surface area contributed by atoms with Crippen molar-refractivity contribution >= 4 is 22.5 Å². The van der Waals surface area contributed by atoms with Gasteiger partial charge in [-0.2, -0.15) is 26.3 Å². The molecule has 3 aliphatic heterocycles. The fourth-order valence-corrected chi connectivity index (χ4v) is 5.96. The molecule has 5 atom stereocenters. The zero-order chi connectivity index (χ0) is 29.5. The van der Waals surface area contributed by atoms with Gasteiger partial charge in [-0.25, -0.2) is 4.99 Å². The van der Waals surface area contributed by atoms with E-state index < -0.39 is 35.2 Å². The number of rotatable bonds is 6. The molecular weight excluding hydrogens is 548 g/mol. The van der Waals surface area contributed by atoms with Crippen LogP contribution in [0.25, 0.3) is 10.9 Å². The molecule has 1 aromatic heterocycles. The van der Waals surface area contributed by atoms with Gasteiger partial charge in [0.2, 0.25) is 0 Å². The third-order valence-electron chi connectivity index (χ3n) is 7.96. The van der Waals surface area contributed by atoms with E-state index in [2.05, 4.69) is 21.8 Å². The smallest absolute Gasteiger partial charge is 0.416 e. The minimum atomic E-state index is -4.99. The molecule has 12 heteroatoms. The Morgan fingerprint density at radius 2 is 1.83 bits per heavy atom. The largest absolute Gasteiger partial charge is 0.497 e. The van der Waals surface area contributed by atoms with Crippen LogP contribution in [0, 0.1) is 11.8 Å². The summed E-state index contributed by atoms with van der Waals surface area (Å²) in [5.74, 6) is 0.981. The van der Waals surface area contributed by atoms with Crippen LogP contribution < -0.4 is 15.8 Å². The molecule has 0 amide bonds. The number of aromatic nitrogens is 1. The van der Waals surface area contributed by atoms with E-state index in [0.717, 1.165) is 36.9 Å². The number of fused-ring (bicyclic) bond motifs is 4. The van der Waals surface area contributed by atoms with Crippen LogP contribution in [0.2, 0.25) is 0 Å². The summed E-state index contributed by atoms with van der Waals surface area (Å²) >= 11 is 0. The molecule has 0 radical (unpaired) electrons. The van der Waals surface area contributed by atoms with E-state index in [1.807, 2.05) is 24.3 Å². The number of hydrogen-bond acceptors (Lipinski definition) is 4. The highest BCUT2D eigenvalue weighted by Gasteiger charge is 2.43. The van der Waals surface area contributed by atoms with E-state index in [9.17, 15) is 26.3 Å². The molecule has 3 saturated heterocycles. The van der Waals surface area contributed by atoms with Gasteiger partial charge in [-0.3, -0.25) is 9.88 Å². The predicted octanol–water partition coefficient (Wildman–Crippen LogP) is 6.65. The first-order valence-corrected chi connectivity index (χ1v) is 13.1. The van der Waals surface area contributed by atoms with Crippen molar-refractivity contribution in [1.82, 2.24) is 9.88 Å². The molecule has 41 heavy (non-hydrogen) atoms. The molecule has 3 fully saturated rings. The summed E-state index contributed by atoms with van der Waals surface area (Å²) in [5.41, 5.74) is 4.31. The van der Waals surface area contributed by atoms with Crippen molar-refractivity contribution in [2.75, 3.05) is 25.5 Å². The maximum Gasteiger partial charge on any atom is 0.416 e. The van der Waals surface area contributed by atoms with Gasteiger partial charge in [-0.05, 0) is 79.3 Å². The molecule has 3 aliphatic rings. The second-order valence-electron chi connectivity index (χ2n) is 10.4. The Kier molecular flexibility index (Phi) is 7.62. The summed E-state index contributed by atoms with van der Waals surface area (Å²) in [6, 6.07) is 7.75. The lowest BCUT2D eigenvalue weighted by Crippen LogP contribution is -2.54. The van der Waals surface area contributed by atoms with Crippen LogP contribution in [0.3, 0.4) is 0 Å². The number of nitrogens with two attached hydrogens (primary N) is 1. The monoisotopic (exact) mass is 577 g/mol. The Morgan fingerprint density at radius 1 is 1.12 bits per heavy atom. The lowest BCUT2D eigenvalue weighted by atomic mass is 9.73. The average molecular weight is 578 g/mol. The summed E-state index contributed by atoms with van der Waals surface area (Å²) in [5, 5.41) is 3.25. The molecule has 6 rings (SSSR count). The fraction of sp³-hybridized carbons (Fsp3) is 0.379. The van der Waals surface area contributed by atoms with Gasteiger partial charge < -0.3 is 15.8 Å². The Bertz CT molecular complexity index is 1440. The normalized spacial score (nSPS) is 23.8. The molecule has 0 saturated carbocycles. The maximum absolute atomic E-state index is 13.4. The number of piperidine rings is 3. The number of ether oxygens (including phenoxy) is 1. The second-order valence-corrected chi connectivity index (χ2v) is 10.4. The summed E-state index contributed by atoms with van der Waals surface area (Å²) in [6.45, 7) is 5.57. The van der Waals surface area contributed by atoms with Gasteiger partial charge in [0.25, 0.3) is 0 Å². The number of aliphatic imine (C=N–C) groups is 1. The van der Waals surface area contributed by atoms with Crippen molar-refractivity contribution in [1.29, 1.82) is 0 Å². The van der Waals surface area contributed by atoms with Crippen molar-refractivity contribution in [3.8, 4) is 5.75 Å². The number of anilines is 1. The molecule has 2 bridgehead atoms. The van der Waals surface area contributed by atoms with Gasteiger partial charge in [0.15, 0.2) is 5.96 Å². The number of alkyl halides is 6. The highest BCUT2D eigenvalue weighted by molar-refractivity contribution is 5.93. The highest BCUT2D eigenvalue weighted by Crippen LogP contribution is 2.44. The standard InChI is InChI=1S/C29H29F6N5O/c1-3-16-15-40-9-7-17(16)10-25(40)26(22-6-8-37-24-5-4-21(41-2)14-23(22)24)39-27(36)38-20-12-18(28(30,31)32)11-19(13-20)29(33,34)35/h3-6,8,11-14,16-17,25-26H,1,7,9-10,15H2,2H3,(H3,36,38,39)/t16?,17?,25-,26-/m1/s1. The third kappa shape index (κ3) is 5.97. The van der Waals surface area contributed by atoms with Gasteiger partial charge in [-0.15, -0.1) is 6.58 Å². The fourth-order valence-electron chi connectivity index (χ4n) is 5.96. The first kappa shape index (κ1) is 28.7. The van der Waals surface area contributed by atoms with Crippen LogP contribution in [0.1, 0.15) is 35.6 Å². The zero-order valence-corrected chi connectivity index (χ0v) is 22.1. The molecular formula is C29H29F6N5O. The van der Waals surface area contributed by atoms with Gasteiger partial charge >= 0.3 is 12.4 Å². The topological polar surface area (TPSA) is 75.8 Å². The van der Waals surface area contributed by atoms with E-state index in [4.69, 9.17) is 15.5 Å². The summed E-state index contributed by atoms with van der Waals surface area (Å²) in [4.78, 5) is 11.4. The molecule has 0 aliphatic carbocycles. The number of hydrogen-bond donors (Lipinski definition) is 2. The predicted molar refractivity (Wildman–Crippen MR) is 144 cm³/mol. The zero-order valence-electron chi connectivity index (χ0n) is 22.1. The van der Waals surface area contributed by atoms with E-state index in [1.165, 1.54) is 0 Å². The molecule has 3 unspecified atom stereocenters. The number of benzene rings is 2. The number of nitrogens with zero attached hydrogens (tertiary/aromatic N) is 3. The van der Waals surface area contributed by atoms with E-state index >= 15 is 0 Å². The third-order valence-corrected chi connectivity index (χ3v) is 7.96. The maximum atomic E-state index is 13.4. The minimum Gasteiger partial charge on any atom is -0.497 e. The van der Waals surface area contributed by atoms with Crippen LogP contribution in [-0.2, 0) is 12.4 Å². The van der Waals surface area contributed by atoms with Crippen molar-refractivity contribution in [3.05, 3.63) is 78.0 Å². The quantitative estimate of drug-likeness (QED) is 0.149. The summed E-state index contributed by atoms with van der Waals surface area (Å²) in [7, 11) is 1.54. The minimum absolute atomic E-state index is 0.0693. The Labute approximate surface area is 232 Å². The van der Waals surface area contributed by atoms with Gasteiger partial charge in [0, 0.05) is 29.9 Å². The van der Waals surface area contributed by atoms with Crippen LogP contribution in [0.4, 0.5) is 32.0 Å². The van der Waals surface area contributed by atoms with Crippen molar-refractivity contribution < 1.29 is 31.1 Å². The molecule has 3 aromatic rings. The first-order chi connectivity index (χ1) is 19.4. The second kappa shape index (κ2) is 10.9. The molecule has 2 aromatic carbocycles. The van der Waals surface area contributed by atoms with Gasteiger partial charge in [0.1, 0.15) is 5.75 Å². The van der Waals surface area contributed by atoms with E-state index in [1.54, 1.807) is 19.4 Å². The summed E-state index contributed by atoms with van der Waals surface area (Å²) in [6.07, 6.45) is -4.61. The SMILES string of the molecule is C=CC1CN2CCC1C[C@@H]2[C@H](N=C(N)Nc1cc(C(F)(F)F)cc(C(F)(F)F)c1)c1ccnc2ccc(OC)cc12. The lowest BCUT2D eigenvalue weighted by molar-refractivity contribution is -0.143. The number of methoxy groups -OCH3 is 1. The number of guanidine groups is 1. The molecule has 3 N–H and O–H groups in total. The van der Waals surface area contributed by atoms with Crippen molar-refractivity contribution in [2.45, 2.75) is 37.3 Å². The van der Waals surface area contributed by atoms with Crippen molar-refractivity contribution in [2.24, 2.45) is 22.6 Å². The van der Waals surface area contributed by atoms with E-state index in [0.29, 0.717) is 35.2 Å². The number of halogens is 6. The van der Waals surface area contributed by atoms with Crippen LogP contribution in [-0.4, -0.2) is 42.1 Å². The molecule has 218 valence electrons. The van der Waals surface area contributed by atoms with E-state index in [-0.39, 0.29) is 18.1 Å². The van der Waals surface area contributed by atoms with Gasteiger partial charge in [-0.1, -0.05) is 6.08 Å². The number of nitrogens with one attached hydrogen (secondary N) is 1. The lowest BCUT2D eigenvalue weighted by Gasteiger charge is -2.51.